The van der Waals surface area contributed by atoms with Crippen molar-refractivity contribution in [1.29, 1.82) is 0 Å². The van der Waals surface area contributed by atoms with E-state index in [4.69, 9.17) is 5.73 Å². The molecule has 2 heterocycles. The molecule has 2 aromatic rings. The lowest BCUT2D eigenvalue weighted by atomic mass is 10.2. The lowest BCUT2D eigenvalue weighted by Crippen LogP contribution is -2.10. The monoisotopic (exact) mass is 219 g/mol. The number of hydrogen-bond donors (Lipinski definition) is 2. The highest BCUT2D eigenvalue weighted by molar-refractivity contribution is 5.73. The Kier molecular flexibility index (Phi) is 2.78. The third-order valence-electron chi connectivity index (χ3n) is 2.63. The van der Waals surface area contributed by atoms with Gasteiger partial charge in [0, 0.05) is 26.6 Å². The molecule has 2 rings (SSSR count). The SMILES string of the molecule is CC(CN)c1nc2nc(N(C)C)ccc2[nH]1. The van der Waals surface area contributed by atoms with E-state index in [1.54, 1.807) is 0 Å². The Labute approximate surface area is 94.7 Å². The molecule has 5 heteroatoms. The van der Waals surface area contributed by atoms with Gasteiger partial charge in [-0.15, -0.1) is 0 Å². The van der Waals surface area contributed by atoms with Gasteiger partial charge < -0.3 is 15.6 Å². The molecule has 0 radical (unpaired) electrons. The number of nitrogens with one attached hydrogen (secondary N) is 1. The first-order chi connectivity index (χ1) is 7.61. The molecule has 1 unspecified atom stereocenters. The Hall–Kier alpha value is -1.62. The molecule has 0 saturated carbocycles. The van der Waals surface area contributed by atoms with Gasteiger partial charge >= 0.3 is 0 Å². The van der Waals surface area contributed by atoms with Crippen LogP contribution in [0.5, 0.6) is 0 Å². The standard InChI is InChI=1S/C11H17N5/c1-7(6-12)10-13-8-4-5-9(16(2)3)14-11(8)15-10/h4-5,7H,6,12H2,1-3H3,(H,13,14,15). The predicted octanol–water partition coefficient (Wildman–Crippen LogP) is 1.09. The maximum Gasteiger partial charge on any atom is 0.179 e. The first kappa shape index (κ1) is 10.9. The Morgan fingerprint density at radius 3 is 2.75 bits per heavy atom. The smallest absolute Gasteiger partial charge is 0.179 e. The third-order valence-corrected chi connectivity index (χ3v) is 2.63. The van der Waals surface area contributed by atoms with Crippen molar-refractivity contribution in [1.82, 2.24) is 15.0 Å². The van der Waals surface area contributed by atoms with Gasteiger partial charge in [-0.1, -0.05) is 6.92 Å². The molecule has 0 saturated heterocycles. The summed E-state index contributed by atoms with van der Waals surface area (Å²) in [5.74, 6) is 2.05. The summed E-state index contributed by atoms with van der Waals surface area (Å²) >= 11 is 0. The molecule has 0 bridgehead atoms. The number of aromatic amines is 1. The first-order valence-corrected chi connectivity index (χ1v) is 5.36. The number of rotatable bonds is 3. The van der Waals surface area contributed by atoms with Crippen molar-refractivity contribution in [3.63, 3.8) is 0 Å². The van der Waals surface area contributed by atoms with Gasteiger partial charge in [0.1, 0.15) is 11.6 Å². The highest BCUT2D eigenvalue weighted by Gasteiger charge is 2.10. The number of anilines is 1. The van der Waals surface area contributed by atoms with E-state index in [0.29, 0.717) is 6.54 Å². The van der Waals surface area contributed by atoms with Gasteiger partial charge in [-0.2, -0.15) is 0 Å². The zero-order valence-corrected chi connectivity index (χ0v) is 9.86. The zero-order chi connectivity index (χ0) is 11.7. The van der Waals surface area contributed by atoms with Crippen LogP contribution in [-0.2, 0) is 0 Å². The fraction of sp³-hybridized carbons (Fsp3) is 0.455. The van der Waals surface area contributed by atoms with Crippen molar-refractivity contribution < 1.29 is 0 Å². The molecule has 1 atom stereocenters. The molecule has 0 aliphatic carbocycles. The van der Waals surface area contributed by atoms with Gasteiger partial charge in [-0.3, -0.25) is 0 Å². The maximum absolute atomic E-state index is 5.62. The number of nitrogens with two attached hydrogens (primary N) is 1. The zero-order valence-electron chi connectivity index (χ0n) is 9.86. The quantitative estimate of drug-likeness (QED) is 0.810. The number of H-pyrrole nitrogens is 1. The Morgan fingerprint density at radius 1 is 1.38 bits per heavy atom. The van der Waals surface area contributed by atoms with Crippen LogP contribution in [-0.4, -0.2) is 35.6 Å². The van der Waals surface area contributed by atoms with Crippen molar-refractivity contribution in [3.8, 4) is 0 Å². The summed E-state index contributed by atoms with van der Waals surface area (Å²) in [4.78, 5) is 14.1. The second kappa shape index (κ2) is 4.09. The minimum absolute atomic E-state index is 0.233. The number of aromatic nitrogens is 3. The van der Waals surface area contributed by atoms with Gasteiger partial charge in [-0.25, -0.2) is 9.97 Å². The van der Waals surface area contributed by atoms with Crippen LogP contribution in [0, 0.1) is 0 Å². The van der Waals surface area contributed by atoms with E-state index >= 15 is 0 Å². The van der Waals surface area contributed by atoms with E-state index in [1.807, 2.05) is 38.1 Å². The third kappa shape index (κ3) is 1.86. The number of pyridine rings is 1. The minimum Gasteiger partial charge on any atom is -0.363 e. The molecular weight excluding hydrogens is 202 g/mol. The van der Waals surface area contributed by atoms with Crippen LogP contribution in [0.1, 0.15) is 18.7 Å². The molecule has 2 aromatic heterocycles. The molecule has 0 aliphatic rings. The number of hydrogen-bond acceptors (Lipinski definition) is 4. The molecule has 0 aliphatic heterocycles. The second-order valence-electron chi connectivity index (χ2n) is 4.19. The van der Waals surface area contributed by atoms with Gasteiger partial charge in [0.05, 0.1) is 5.52 Å². The van der Waals surface area contributed by atoms with E-state index in [1.165, 1.54) is 0 Å². The molecular formula is C11H17N5. The van der Waals surface area contributed by atoms with Crippen molar-refractivity contribution in [2.45, 2.75) is 12.8 Å². The summed E-state index contributed by atoms with van der Waals surface area (Å²) in [5, 5.41) is 0. The van der Waals surface area contributed by atoms with Crippen LogP contribution < -0.4 is 10.6 Å². The molecule has 86 valence electrons. The lowest BCUT2D eigenvalue weighted by Gasteiger charge is -2.09. The molecule has 3 N–H and O–H groups in total. The van der Waals surface area contributed by atoms with Gasteiger partial charge in [0.25, 0.3) is 0 Å². The average molecular weight is 219 g/mol. The average Bonchev–Trinajstić information content (AvgIpc) is 2.70. The Balaban J connectivity index is 2.46. The van der Waals surface area contributed by atoms with E-state index in [9.17, 15) is 0 Å². The van der Waals surface area contributed by atoms with Crippen molar-refractivity contribution >= 4 is 17.0 Å². The number of nitrogens with zero attached hydrogens (tertiary/aromatic N) is 3. The molecule has 0 spiro atoms. The summed E-state index contributed by atoms with van der Waals surface area (Å²) in [6, 6.07) is 3.97. The van der Waals surface area contributed by atoms with Crippen molar-refractivity contribution in [2.75, 3.05) is 25.5 Å². The fourth-order valence-corrected chi connectivity index (χ4v) is 1.50. The number of fused-ring (bicyclic) bond motifs is 1. The van der Waals surface area contributed by atoms with E-state index in [0.717, 1.165) is 22.8 Å². The van der Waals surface area contributed by atoms with Crippen LogP contribution in [0.15, 0.2) is 12.1 Å². The van der Waals surface area contributed by atoms with Crippen molar-refractivity contribution in [2.24, 2.45) is 5.73 Å². The summed E-state index contributed by atoms with van der Waals surface area (Å²) in [6.45, 7) is 2.63. The summed E-state index contributed by atoms with van der Waals surface area (Å²) in [5.41, 5.74) is 7.33. The molecule has 0 amide bonds. The van der Waals surface area contributed by atoms with Gasteiger partial charge in [-0.05, 0) is 12.1 Å². The Morgan fingerprint density at radius 2 is 2.12 bits per heavy atom. The minimum atomic E-state index is 0.233. The summed E-state index contributed by atoms with van der Waals surface area (Å²) in [7, 11) is 3.93. The summed E-state index contributed by atoms with van der Waals surface area (Å²) in [6.07, 6.45) is 0. The molecule has 0 fully saturated rings. The van der Waals surface area contributed by atoms with Crippen LogP contribution in [0.2, 0.25) is 0 Å². The topological polar surface area (TPSA) is 70.8 Å². The first-order valence-electron chi connectivity index (χ1n) is 5.36. The molecule has 16 heavy (non-hydrogen) atoms. The number of imidazole rings is 1. The largest absolute Gasteiger partial charge is 0.363 e. The highest BCUT2D eigenvalue weighted by atomic mass is 15.1. The summed E-state index contributed by atoms with van der Waals surface area (Å²) < 4.78 is 0. The second-order valence-corrected chi connectivity index (χ2v) is 4.19. The molecule has 0 aromatic carbocycles. The van der Waals surface area contributed by atoms with E-state index in [-0.39, 0.29) is 5.92 Å². The van der Waals surface area contributed by atoms with E-state index < -0.39 is 0 Å². The van der Waals surface area contributed by atoms with E-state index in [2.05, 4.69) is 15.0 Å². The van der Waals surface area contributed by atoms with Crippen LogP contribution in [0.25, 0.3) is 11.2 Å². The van der Waals surface area contributed by atoms with Crippen LogP contribution in [0.3, 0.4) is 0 Å². The van der Waals surface area contributed by atoms with Gasteiger partial charge in [0.2, 0.25) is 0 Å². The van der Waals surface area contributed by atoms with Crippen LogP contribution >= 0.6 is 0 Å². The normalized spacial score (nSPS) is 13.0. The van der Waals surface area contributed by atoms with Gasteiger partial charge in [0.15, 0.2) is 5.65 Å². The fourth-order valence-electron chi connectivity index (χ4n) is 1.50. The lowest BCUT2D eigenvalue weighted by molar-refractivity contribution is 0.727. The Bertz CT molecular complexity index is 488. The highest BCUT2D eigenvalue weighted by Crippen LogP contribution is 2.18. The predicted molar refractivity (Wildman–Crippen MR) is 65.7 cm³/mol. The van der Waals surface area contributed by atoms with Crippen LogP contribution in [0.4, 0.5) is 5.82 Å². The van der Waals surface area contributed by atoms with Crippen molar-refractivity contribution in [3.05, 3.63) is 18.0 Å². The maximum atomic E-state index is 5.62. The molecule has 5 nitrogen and oxygen atoms in total.